The first-order chi connectivity index (χ1) is 13.6. The van der Waals surface area contributed by atoms with E-state index in [-0.39, 0.29) is 5.91 Å². The number of hydrogen-bond acceptors (Lipinski definition) is 5. The number of aryl methyl sites for hydroxylation is 1. The first-order valence-electron chi connectivity index (χ1n) is 10.0. The highest BCUT2D eigenvalue weighted by Gasteiger charge is 2.13. The van der Waals surface area contributed by atoms with Gasteiger partial charge in [0.2, 0.25) is 5.95 Å². The molecule has 6 heteroatoms. The molecule has 0 atom stereocenters. The predicted molar refractivity (Wildman–Crippen MR) is 111 cm³/mol. The van der Waals surface area contributed by atoms with Crippen molar-refractivity contribution < 1.29 is 4.79 Å². The number of carbonyl (C=O) groups is 1. The van der Waals surface area contributed by atoms with E-state index in [2.05, 4.69) is 26.3 Å². The molecule has 2 heterocycles. The largest absolute Gasteiger partial charge is 0.350 e. The van der Waals surface area contributed by atoms with Crippen molar-refractivity contribution in [2.75, 3.05) is 25.0 Å². The second-order valence-electron chi connectivity index (χ2n) is 7.34. The summed E-state index contributed by atoms with van der Waals surface area (Å²) in [5.74, 6) is 0.444. The van der Waals surface area contributed by atoms with Gasteiger partial charge in [-0.2, -0.15) is 0 Å². The summed E-state index contributed by atoms with van der Waals surface area (Å²) in [6, 6.07) is 5.76. The minimum atomic E-state index is -0.134. The maximum Gasteiger partial charge on any atom is 0.270 e. The highest BCUT2D eigenvalue weighted by atomic mass is 16.1. The van der Waals surface area contributed by atoms with Crippen molar-refractivity contribution >= 4 is 11.9 Å². The molecule has 0 radical (unpaired) electrons. The quantitative estimate of drug-likeness (QED) is 0.711. The predicted octanol–water partition coefficient (Wildman–Crippen LogP) is 3.48. The van der Waals surface area contributed by atoms with Crippen LogP contribution in [-0.2, 0) is 6.42 Å². The first-order valence-corrected chi connectivity index (χ1v) is 10.0. The van der Waals surface area contributed by atoms with Gasteiger partial charge in [0.25, 0.3) is 5.91 Å². The summed E-state index contributed by atoms with van der Waals surface area (Å²) in [5.41, 5.74) is 3.89. The third-order valence-electron chi connectivity index (χ3n) is 5.02. The van der Waals surface area contributed by atoms with Crippen LogP contribution in [0, 0.1) is 6.92 Å². The molecule has 0 unspecified atom stereocenters. The van der Waals surface area contributed by atoms with Crippen LogP contribution in [0.4, 0.5) is 5.95 Å². The number of carbonyl (C=O) groups excluding carboxylic acids is 1. The van der Waals surface area contributed by atoms with Gasteiger partial charge >= 0.3 is 0 Å². The third-order valence-corrected chi connectivity index (χ3v) is 5.02. The van der Waals surface area contributed by atoms with Crippen molar-refractivity contribution in [2.45, 2.75) is 45.4 Å². The topological polar surface area (TPSA) is 71.0 Å². The lowest BCUT2D eigenvalue weighted by Gasteiger charge is -2.18. The summed E-state index contributed by atoms with van der Waals surface area (Å²) in [4.78, 5) is 27.6. The zero-order valence-electron chi connectivity index (χ0n) is 16.8. The highest BCUT2D eigenvalue weighted by molar-refractivity contribution is 5.92. The molecule has 0 bridgehead atoms. The minimum Gasteiger partial charge on any atom is -0.350 e. The van der Waals surface area contributed by atoms with Crippen LogP contribution in [0.15, 0.2) is 42.2 Å². The average molecular weight is 380 g/mol. The van der Waals surface area contributed by atoms with Crippen LogP contribution in [0.1, 0.15) is 53.8 Å². The number of nitrogens with one attached hydrogen (secondary N) is 1. The Hall–Kier alpha value is -2.76. The molecule has 0 spiro atoms. The second-order valence-corrected chi connectivity index (χ2v) is 7.34. The molecule has 6 nitrogen and oxygen atoms in total. The number of rotatable bonds is 8. The van der Waals surface area contributed by atoms with Gasteiger partial charge < -0.3 is 10.2 Å². The number of anilines is 1. The van der Waals surface area contributed by atoms with Gasteiger partial charge in [-0.15, -0.1) is 0 Å². The van der Waals surface area contributed by atoms with Crippen LogP contribution >= 0.6 is 0 Å². The molecule has 0 saturated heterocycles. The van der Waals surface area contributed by atoms with Crippen molar-refractivity contribution in [3.05, 3.63) is 59.2 Å². The summed E-state index contributed by atoms with van der Waals surface area (Å²) in [6.07, 6.45) is 12.6. The first kappa shape index (κ1) is 20.0. The SMILES string of the molecule is Cc1cc(C(=O)NCCC2=CCCCC2)nc(N(C)CCc2ccncc2)n1. The van der Waals surface area contributed by atoms with Crippen molar-refractivity contribution in [1.82, 2.24) is 20.3 Å². The monoisotopic (exact) mass is 379 g/mol. The van der Waals surface area contributed by atoms with E-state index in [1.807, 2.05) is 31.0 Å². The molecule has 2 aromatic rings. The molecule has 0 saturated carbocycles. The lowest BCUT2D eigenvalue weighted by atomic mass is 9.97. The number of aromatic nitrogens is 3. The molecule has 0 aliphatic heterocycles. The van der Waals surface area contributed by atoms with Gasteiger partial charge in [0.15, 0.2) is 0 Å². The fourth-order valence-corrected chi connectivity index (χ4v) is 3.35. The van der Waals surface area contributed by atoms with E-state index in [9.17, 15) is 4.79 Å². The highest BCUT2D eigenvalue weighted by Crippen LogP contribution is 2.19. The summed E-state index contributed by atoms with van der Waals surface area (Å²) in [7, 11) is 1.95. The molecule has 28 heavy (non-hydrogen) atoms. The van der Waals surface area contributed by atoms with Crippen molar-refractivity contribution in [3.8, 4) is 0 Å². The fourth-order valence-electron chi connectivity index (χ4n) is 3.35. The molecule has 1 N–H and O–H groups in total. The molecule has 0 fully saturated rings. The Balaban J connectivity index is 1.56. The number of allylic oxidation sites excluding steroid dienone is 1. The van der Waals surface area contributed by atoms with Gasteiger partial charge in [-0.1, -0.05) is 11.6 Å². The molecular weight excluding hydrogens is 350 g/mol. The zero-order chi connectivity index (χ0) is 19.8. The van der Waals surface area contributed by atoms with E-state index in [1.54, 1.807) is 18.5 Å². The number of amides is 1. The summed E-state index contributed by atoms with van der Waals surface area (Å²) >= 11 is 0. The van der Waals surface area contributed by atoms with Crippen LogP contribution in [0.5, 0.6) is 0 Å². The second kappa shape index (κ2) is 9.97. The Morgan fingerprint density at radius 1 is 1.18 bits per heavy atom. The van der Waals surface area contributed by atoms with E-state index < -0.39 is 0 Å². The van der Waals surface area contributed by atoms with Gasteiger partial charge in [0, 0.05) is 38.2 Å². The van der Waals surface area contributed by atoms with E-state index in [0.717, 1.165) is 31.5 Å². The van der Waals surface area contributed by atoms with E-state index in [4.69, 9.17) is 0 Å². The molecule has 2 aromatic heterocycles. The maximum absolute atomic E-state index is 12.5. The van der Waals surface area contributed by atoms with E-state index in [0.29, 0.717) is 18.2 Å². The van der Waals surface area contributed by atoms with Crippen LogP contribution in [0.3, 0.4) is 0 Å². The van der Waals surface area contributed by atoms with Gasteiger partial charge in [-0.05, 0) is 69.2 Å². The summed E-state index contributed by atoms with van der Waals surface area (Å²) < 4.78 is 0. The standard InChI is InChI=1S/C22H29N5O/c1-17-16-20(21(28)24-14-10-18-6-4-3-5-7-18)26-22(25-17)27(2)15-11-19-8-12-23-13-9-19/h6,8-9,12-13,16H,3-5,7,10-11,14-15H2,1-2H3,(H,24,28). The molecule has 1 amide bonds. The molecular formula is C22H29N5O. The van der Waals surface area contributed by atoms with E-state index in [1.165, 1.54) is 30.4 Å². The Morgan fingerprint density at radius 3 is 2.75 bits per heavy atom. The minimum absolute atomic E-state index is 0.134. The van der Waals surface area contributed by atoms with Crippen LogP contribution in [0.25, 0.3) is 0 Å². The van der Waals surface area contributed by atoms with Gasteiger partial charge in [0.1, 0.15) is 5.69 Å². The van der Waals surface area contributed by atoms with Gasteiger partial charge in [0.05, 0.1) is 0 Å². The summed E-state index contributed by atoms with van der Waals surface area (Å²) in [6.45, 7) is 3.31. The fraction of sp³-hybridized carbons (Fsp3) is 0.455. The average Bonchev–Trinajstić information content (AvgIpc) is 2.73. The molecule has 1 aliphatic rings. The van der Waals surface area contributed by atoms with Crippen molar-refractivity contribution in [2.24, 2.45) is 0 Å². The van der Waals surface area contributed by atoms with Gasteiger partial charge in [-0.3, -0.25) is 9.78 Å². The van der Waals surface area contributed by atoms with Gasteiger partial charge in [-0.25, -0.2) is 9.97 Å². The molecule has 0 aromatic carbocycles. The Morgan fingerprint density at radius 2 is 2.00 bits per heavy atom. The lowest BCUT2D eigenvalue weighted by Crippen LogP contribution is -2.28. The van der Waals surface area contributed by atoms with Crippen LogP contribution < -0.4 is 10.2 Å². The number of hydrogen-bond donors (Lipinski definition) is 1. The summed E-state index contributed by atoms with van der Waals surface area (Å²) in [5, 5.41) is 3.00. The van der Waals surface area contributed by atoms with E-state index >= 15 is 0 Å². The normalized spacial score (nSPS) is 13.7. The van der Waals surface area contributed by atoms with Crippen LogP contribution in [-0.4, -0.2) is 41.0 Å². The van der Waals surface area contributed by atoms with Crippen molar-refractivity contribution in [3.63, 3.8) is 0 Å². The zero-order valence-corrected chi connectivity index (χ0v) is 16.8. The molecule has 3 rings (SSSR count). The van der Waals surface area contributed by atoms with Crippen LogP contribution in [0.2, 0.25) is 0 Å². The maximum atomic E-state index is 12.5. The van der Waals surface area contributed by atoms with Crippen molar-refractivity contribution in [1.29, 1.82) is 0 Å². The smallest absolute Gasteiger partial charge is 0.270 e. The third kappa shape index (κ3) is 5.87. The number of pyridine rings is 1. The number of likely N-dealkylation sites (N-methyl/N-ethyl adjacent to an activating group) is 1. The Bertz CT molecular complexity index is 819. The molecule has 1 aliphatic carbocycles. The lowest BCUT2D eigenvalue weighted by molar-refractivity contribution is 0.0949. The Kier molecular flexibility index (Phi) is 7.12. The Labute approximate surface area is 167 Å². The molecule has 148 valence electrons. The number of nitrogens with zero attached hydrogens (tertiary/aromatic N) is 4.